The predicted octanol–water partition coefficient (Wildman–Crippen LogP) is 2.31. The highest BCUT2D eigenvalue weighted by atomic mass is 32.2. The zero-order valence-electron chi connectivity index (χ0n) is 12.4. The van der Waals surface area contributed by atoms with E-state index in [0.717, 1.165) is 25.7 Å². The maximum absolute atomic E-state index is 11.5. The van der Waals surface area contributed by atoms with Gasteiger partial charge in [0.1, 0.15) is 0 Å². The summed E-state index contributed by atoms with van der Waals surface area (Å²) in [5.41, 5.74) is -0.368. The van der Waals surface area contributed by atoms with Gasteiger partial charge < -0.3 is 9.47 Å². The third kappa shape index (κ3) is 4.61. The van der Waals surface area contributed by atoms with Gasteiger partial charge >= 0.3 is 0 Å². The van der Waals surface area contributed by atoms with E-state index in [1.807, 2.05) is 31.2 Å². The first-order chi connectivity index (χ1) is 9.94. The van der Waals surface area contributed by atoms with E-state index in [1.54, 1.807) is 0 Å². The second-order valence-corrected chi connectivity index (χ2v) is 7.30. The summed E-state index contributed by atoms with van der Waals surface area (Å²) in [4.78, 5) is 0. The average molecular weight is 313 g/mol. The standard InChI is InChI=1S/C15H23NO4S/c1-2-19-13-7-3-4-8-14(13)20-11-15(9-5-6-10-15)12-21(16,17)18/h3-4,7-8H,2,5-6,9-12H2,1H3,(H2,16,17,18). The van der Waals surface area contributed by atoms with Gasteiger partial charge in [0.2, 0.25) is 10.0 Å². The van der Waals surface area contributed by atoms with Gasteiger partial charge in [0.25, 0.3) is 0 Å². The Morgan fingerprint density at radius 3 is 2.24 bits per heavy atom. The SMILES string of the molecule is CCOc1ccccc1OCC1(CS(N)(=O)=O)CCCC1. The smallest absolute Gasteiger partial charge is 0.209 e. The van der Waals surface area contributed by atoms with Gasteiger partial charge in [-0.25, -0.2) is 13.6 Å². The Kier molecular flexibility index (Phi) is 5.11. The number of ether oxygens (including phenoxy) is 2. The van der Waals surface area contributed by atoms with Crippen molar-refractivity contribution in [2.24, 2.45) is 10.6 Å². The highest BCUT2D eigenvalue weighted by Gasteiger charge is 2.38. The number of nitrogens with two attached hydrogens (primary N) is 1. The normalized spacial score (nSPS) is 17.6. The summed E-state index contributed by atoms with van der Waals surface area (Å²) < 4.78 is 34.3. The Balaban J connectivity index is 2.09. The molecule has 0 aliphatic heterocycles. The first-order valence-electron chi connectivity index (χ1n) is 7.29. The minimum atomic E-state index is -3.50. The van der Waals surface area contributed by atoms with Crippen molar-refractivity contribution in [1.82, 2.24) is 0 Å². The van der Waals surface area contributed by atoms with Gasteiger partial charge in [-0.2, -0.15) is 0 Å². The Labute approximate surface area is 126 Å². The van der Waals surface area contributed by atoms with Crippen LogP contribution >= 0.6 is 0 Å². The van der Waals surface area contributed by atoms with Gasteiger partial charge in [-0.1, -0.05) is 25.0 Å². The molecule has 0 unspecified atom stereocenters. The van der Waals surface area contributed by atoms with Crippen molar-refractivity contribution in [2.45, 2.75) is 32.6 Å². The number of rotatable bonds is 7. The quantitative estimate of drug-likeness (QED) is 0.838. The molecule has 1 saturated carbocycles. The number of hydrogen-bond donors (Lipinski definition) is 1. The van der Waals surface area contributed by atoms with Crippen LogP contribution in [0.15, 0.2) is 24.3 Å². The molecule has 118 valence electrons. The van der Waals surface area contributed by atoms with Gasteiger partial charge in [0, 0.05) is 5.41 Å². The Hall–Kier alpha value is -1.27. The van der Waals surface area contributed by atoms with Crippen molar-refractivity contribution >= 4 is 10.0 Å². The second-order valence-electron chi connectivity index (χ2n) is 5.68. The first kappa shape index (κ1) is 16.1. The lowest BCUT2D eigenvalue weighted by molar-refractivity contribution is 0.164. The number of hydrogen-bond acceptors (Lipinski definition) is 4. The van der Waals surface area contributed by atoms with Crippen LogP contribution in [0.4, 0.5) is 0 Å². The summed E-state index contributed by atoms with van der Waals surface area (Å²) in [6, 6.07) is 7.44. The summed E-state index contributed by atoms with van der Waals surface area (Å²) in [6.45, 7) is 2.83. The van der Waals surface area contributed by atoms with Crippen LogP contribution in [0.1, 0.15) is 32.6 Å². The van der Waals surface area contributed by atoms with Crippen LogP contribution in [0.25, 0.3) is 0 Å². The molecule has 1 aromatic rings. The van der Waals surface area contributed by atoms with Crippen LogP contribution in [0.2, 0.25) is 0 Å². The summed E-state index contributed by atoms with van der Waals surface area (Å²) >= 11 is 0. The number of benzene rings is 1. The number of para-hydroxylation sites is 2. The van der Waals surface area contributed by atoms with E-state index in [2.05, 4.69) is 0 Å². The molecule has 0 radical (unpaired) electrons. The molecule has 21 heavy (non-hydrogen) atoms. The monoisotopic (exact) mass is 313 g/mol. The van der Waals surface area contributed by atoms with Crippen molar-refractivity contribution in [3.63, 3.8) is 0 Å². The molecule has 5 nitrogen and oxygen atoms in total. The average Bonchev–Trinajstić information content (AvgIpc) is 2.85. The van der Waals surface area contributed by atoms with E-state index in [1.165, 1.54) is 0 Å². The van der Waals surface area contributed by atoms with Crippen LogP contribution in [-0.2, 0) is 10.0 Å². The molecule has 0 bridgehead atoms. The second kappa shape index (κ2) is 6.66. The Morgan fingerprint density at radius 2 is 1.71 bits per heavy atom. The zero-order valence-corrected chi connectivity index (χ0v) is 13.2. The summed E-state index contributed by atoms with van der Waals surface area (Å²) in [5.74, 6) is 1.32. The van der Waals surface area contributed by atoms with Crippen LogP contribution in [-0.4, -0.2) is 27.4 Å². The molecule has 1 aliphatic carbocycles. The fraction of sp³-hybridized carbons (Fsp3) is 0.600. The lowest BCUT2D eigenvalue weighted by Crippen LogP contribution is -2.36. The molecule has 0 spiro atoms. The van der Waals surface area contributed by atoms with Crippen molar-refractivity contribution < 1.29 is 17.9 Å². The third-order valence-electron chi connectivity index (χ3n) is 3.85. The summed E-state index contributed by atoms with van der Waals surface area (Å²) in [6.07, 6.45) is 3.71. The molecule has 6 heteroatoms. The van der Waals surface area contributed by atoms with E-state index in [-0.39, 0.29) is 11.2 Å². The molecule has 0 saturated heterocycles. The van der Waals surface area contributed by atoms with Crippen molar-refractivity contribution in [1.29, 1.82) is 0 Å². The molecule has 0 heterocycles. The predicted molar refractivity (Wildman–Crippen MR) is 82.0 cm³/mol. The molecule has 1 aromatic carbocycles. The third-order valence-corrected chi connectivity index (χ3v) is 4.87. The highest BCUT2D eigenvalue weighted by molar-refractivity contribution is 7.89. The number of primary sulfonamides is 1. The van der Waals surface area contributed by atoms with E-state index in [0.29, 0.717) is 24.7 Å². The minimum Gasteiger partial charge on any atom is -0.490 e. The molecule has 0 atom stereocenters. The molecule has 0 aromatic heterocycles. The van der Waals surface area contributed by atoms with Crippen LogP contribution in [0, 0.1) is 5.41 Å². The maximum Gasteiger partial charge on any atom is 0.209 e. The van der Waals surface area contributed by atoms with Crippen LogP contribution in [0.3, 0.4) is 0 Å². The van der Waals surface area contributed by atoms with Crippen LogP contribution < -0.4 is 14.6 Å². The zero-order chi connectivity index (χ0) is 15.3. The van der Waals surface area contributed by atoms with Crippen molar-refractivity contribution in [3.05, 3.63) is 24.3 Å². The van der Waals surface area contributed by atoms with Gasteiger partial charge in [0.15, 0.2) is 11.5 Å². The summed E-state index contributed by atoms with van der Waals surface area (Å²) in [5, 5.41) is 5.24. The van der Waals surface area contributed by atoms with Crippen molar-refractivity contribution in [3.8, 4) is 11.5 Å². The largest absolute Gasteiger partial charge is 0.490 e. The molecular formula is C15H23NO4S. The molecule has 1 fully saturated rings. The van der Waals surface area contributed by atoms with Gasteiger partial charge in [-0.3, -0.25) is 0 Å². The van der Waals surface area contributed by atoms with Gasteiger partial charge in [-0.15, -0.1) is 0 Å². The van der Waals surface area contributed by atoms with E-state index in [4.69, 9.17) is 14.6 Å². The fourth-order valence-electron chi connectivity index (χ4n) is 2.96. The van der Waals surface area contributed by atoms with Crippen molar-refractivity contribution in [2.75, 3.05) is 19.0 Å². The van der Waals surface area contributed by atoms with Gasteiger partial charge in [0.05, 0.1) is 19.0 Å². The lowest BCUT2D eigenvalue weighted by Gasteiger charge is -2.28. The van der Waals surface area contributed by atoms with E-state index < -0.39 is 10.0 Å². The first-order valence-corrected chi connectivity index (χ1v) is 9.01. The molecule has 2 N–H and O–H groups in total. The fourth-order valence-corrected chi connectivity index (χ4v) is 4.18. The Morgan fingerprint density at radius 1 is 1.14 bits per heavy atom. The lowest BCUT2D eigenvalue weighted by atomic mass is 9.90. The highest BCUT2D eigenvalue weighted by Crippen LogP contribution is 2.40. The molecule has 2 rings (SSSR count). The molecular weight excluding hydrogens is 290 g/mol. The molecule has 1 aliphatic rings. The maximum atomic E-state index is 11.5. The minimum absolute atomic E-state index is 0.0171. The van der Waals surface area contributed by atoms with Gasteiger partial charge in [-0.05, 0) is 31.9 Å². The topological polar surface area (TPSA) is 78.6 Å². The van der Waals surface area contributed by atoms with Crippen LogP contribution in [0.5, 0.6) is 11.5 Å². The molecule has 0 amide bonds. The Bertz CT molecular complexity index is 565. The van der Waals surface area contributed by atoms with E-state index in [9.17, 15) is 8.42 Å². The summed E-state index contributed by atoms with van der Waals surface area (Å²) in [7, 11) is -3.50. The van der Waals surface area contributed by atoms with E-state index >= 15 is 0 Å². The number of sulfonamides is 1.